The second-order valence-corrected chi connectivity index (χ2v) is 11.2. The summed E-state index contributed by atoms with van der Waals surface area (Å²) in [4.78, 5) is 38.6. The molecule has 242 valence electrons. The van der Waals surface area contributed by atoms with Gasteiger partial charge in [-0.2, -0.15) is 0 Å². The number of aromatic nitrogens is 1. The molecule has 0 saturated heterocycles. The maximum atomic E-state index is 12.9. The molecule has 0 spiro atoms. The monoisotopic (exact) mass is 656 g/mol. The number of nitrogens with one attached hydrogen (secondary N) is 4. The van der Waals surface area contributed by atoms with Crippen LogP contribution in [-0.2, 0) is 17.8 Å². The number of hydrogen-bond donors (Lipinski definition) is 7. The molecule has 5 aromatic rings. The summed E-state index contributed by atoms with van der Waals surface area (Å²) in [6.45, 7) is 0.432. The zero-order valence-electron chi connectivity index (χ0n) is 25.3. The molecule has 0 unspecified atom stereocenters. The van der Waals surface area contributed by atoms with Crippen LogP contribution in [0.1, 0.15) is 29.2 Å². The van der Waals surface area contributed by atoms with Gasteiger partial charge in [-0.25, -0.2) is 4.79 Å². The molecule has 2 amide bonds. The Morgan fingerprint density at radius 3 is 2.49 bits per heavy atom. The third-order valence-corrected chi connectivity index (χ3v) is 7.93. The van der Waals surface area contributed by atoms with E-state index in [4.69, 9.17) is 16.3 Å². The number of H-pyrrole nitrogens is 1. The van der Waals surface area contributed by atoms with Gasteiger partial charge in [-0.3, -0.25) is 14.9 Å². The third kappa shape index (κ3) is 8.08. The van der Waals surface area contributed by atoms with Crippen LogP contribution in [-0.4, -0.2) is 46.0 Å². The van der Waals surface area contributed by atoms with Crippen molar-refractivity contribution in [3.63, 3.8) is 0 Å². The number of amides is 2. The fourth-order valence-corrected chi connectivity index (χ4v) is 5.56. The van der Waals surface area contributed by atoms with Crippen molar-refractivity contribution < 1.29 is 29.6 Å². The van der Waals surface area contributed by atoms with E-state index in [9.17, 15) is 29.7 Å². The number of carbonyl (C=O) groups excluding carboxylic acids is 1. The van der Waals surface area contributed by atoms with Gasteiger partial charge in [0.25, 0.3) is 0 Å². The number of phenols is 1. The van der Waals surface area contributed by atoms with Crippen LogP contribution in [0.3, 0.4) is 0 Å². The summed E-state index contributed by atoms with van der Waals surface area (Å²) in [5, 5.41) is 39.6. The Morgan fingerprint density at radius 2 is 1.74 bits per heavy atom. The number of hydrogen-bond acceptors (Lipinski definition) is 7. The van der Waals surface area contributed by atoms with Crippen molar-refractivity contribution in [2.24, 2.45) is 0 Å². The average molecular weight is 657 g/mol. The minimum Gasteiger partial charge on any atom is -0.506 e. The zero-order valence-corrected chi connectivity index (χ0v) is 26.1. The van der Waals surface area contributed by atoms with Crippen molar-refractivity contribution >= 4 is 45.9 Å². The number of methoxy groups -OCH3 is 1. The van der Waals surface area contributed by atoms with Gasteiger partial charge in [0.2, 0.25) is 11.5 Å². The number of aliphatic hydroxyl groups excluding tert-OH is 1. The molecule has 0 bridgehead atoms. The fourth-order valence-electron chi connectivity index (χ4n) is 5.33. The number of anilines is 2. The number of fused-ring (bicyclic) bond motifs is 1. The molecule has 7 N–H and O–H groups in total. The van der Waals surface area contributed by atoms with Crippen molar-refractivity contribution in [2.45, 2.75) is 25.5 Å². The summed E-state index contributed by atoms with van der Waals surface area (Å²) in [5.41, 5.74) is 4.29. The average Bonchev–Trinajstić information content (AvgIpc) is 3.05. The zero-order chi connectivity index (χ0) is 33.5. The van der Waals surface area contributed by atoms with E-state index in [1.807, 2.05) is 42.5 Å². The highest BCUT2D eigenvalue weighted by Crippen LogP contribution is 2.33. The van der Waals surface area contributed by atoms with E-state index in [2.05, 4.69) is 20.9 Å². The minimum atomic E-state index is -1.18. The van der Waals surface area contributed by atoms with Gasteiger partial charge in [0, 0.05) is 48.2 Å². The summed E-state index contributed by atoms with van der Waals surface area (Å²) < 4.78 is 5.54. The Labute approximate surface area is 274 Å². The Hall–Kier alpha value is -5.36. The molecular weight excluding hydrogens is 624 g/mol. The van der Waals surface area contributed by atoms with Gasteiger partial charge in [-0.15, -0.1) is 0 Å². The van der Waals surface area contributed by atoms with Gasteiger partial charge in [-0.05, 0) is 47.4 Å². The molecule has 11 nitrogen and oxygen atoms in total. The smallest absolute Gasteiger partial charge is 0.409 e. The van der Waals surface area contributed by atoms with E-state index in [1.165, 1.54) is 19.2 Å². The Morgan fingerprint density at radius 1 is 0.957 bits per heavy atom. The molecule has 0 aliphatic heterocycles. The fraction of sp³-hybridized carbons (Fsp3) is 0.171. The first-order valence-corrected chi connectivity index (χ1v) is 15.1. The van der Waals surface area contributed by atoms with E-state index in [1.54, 1.807) is 30.3 Å². The molecule has 1 heterocycles. The van der Waals surface area contributed by atoms with Gasteiger partial charge >= 0.3 is 6.09 Å². The molecule has 0 aliphatic rings. The summed E-state index contributed by atoms with van der Waals surface area (Å²) in [6.07, 6.45) is -1.65. The maximum absolute atomic E-state index is 12.9. The number of rotatable bonds is 12. The lowest BCUT2D eigenvalue weighted by Gasteiger charge is -2.17. The first kappa shape index (κ1) is 33.0. The molecule has 12 heteroatoms. The SMILES string of the molecule is COc1cc(NC(=O)CCc2ccc(-c3ccccc3)c(NC(=O)O)c2)c(Cl)cc1CNC[C@H](O)c1ccc(O)c2[nH]c(=O)ccc12. The number of ether oxygens (including phenoxy) is 1. The van der Waals surface area contributed by atoms with Crippen LogP contribution in [0.2, 0.25) is 5.02 Å². The lowest BCUT2D eigenvalue weighted by molar-refractivity contribution is -0.116. The predicted molar refractivity (Wildman–Crippen MR) is 181 cm³/mol. The molecule has 0 saturated carbocycles. The van der Waals surface area contributed by atoms with Crippen molar-refractivity contribution in [3.8, 4) is 22.6 Å². The number of halogens is 1. The number of carboxylic acid groups (broad SMARTS) is 1. The van der Waals surface area contributed by atoms with Crippen LogP contribution in [0.15, 0.2) is 89.7 Å². The summed E-state index contributed by atoms with van der Waals surface area (Å²) in [6, 6.07) is 24.0. The minimum absolute atomic E-state index is 0.0900. The summed E-state index contributed by atoms with van der Waals surface area (Å²) in [5.74, 6) is 0.0957. The number of pyridine rings is 1. The molecule has 1 atom stereocenters. The molecular formula is C35H33ClN4O7. The molecule has 5 rings (SSSR count). The van der Waals surface area contributed by atoms with Gasteiger partial charge in [0.15, 0.2) is 0 Å². The van der Waals surface area contributed by atoms with E-state index in [0.29, 0.717) is 45.1 Å². The molecule has 4 aromatic carbocycles. The van der Waals surface area contributed by atoms with Crippen LogP contribution in [0, 0.1) is 0 Å². The van der Waals surface area contributed by atoms with E-state index < -0.39 is 12.2 Å². The largest absolute Gasteiger partial charge is 0.506 e. The lowest BCUT2D eigenvalue weighted by Crippen LogP contribution is -2.22. The highest BCUT2D eigenvalue weighted by Gasteiger charge is 2.16. The second-order valence-electron chi connectivity index (χ2n) is 10.8. The normalized spacial score (nSPS) is 11.6. The van der Waals surface area contributed by atoms with Crippen molar-refractivity contribution in [1.29, 1.82) is 0 Å². The number of aliphatic hydroxyl groups is 1. The standard InChI is InChI=1S/C35H33ClN4O7/c1-47-31-17-28(38-32(43)13-8-20-7-9-23(21-5-3-2-4-6-21)27(15-20)39-35(45)46)26(36)16-22(31)18-37-19-30(42)24-10-12-29(41)34-25(24)11-14-33(44)40-34/h2-7,9-12,14-17,30,37,39,41-42H,8,13,18-19H2,1H3,(H,38,43)(H,40,44)(H,45,46)/t30-/m0/s1. The third-order valence-electron chi connectivity index (χ3n) is 7.61. The topological polar surface area (TPSA) is 173 Å². The molecule has 1 aromatic heterocycles. The summed E-state index contributed by atoms with van der Waals surface area (Å²) in [7, 11) is 1.50. The molecule has 0 aliphatic carbocycles. The van der Waals surface area contributed by atoms with E-state index in [-0.39, 0.29) is 42.2 Å². The number of aromatic amines is 1. The van der Waals surface area contributed by atoms with Crippen LogP contribution >= 0.6 is 11.6 Å². The van der Waals surface area contributed by atoms with Crippen LogP contribution in [0.25, 0.3) is 22.0 Å². The van der Waals surface area contributed by atoms with Crippen LogP contribution in [0.4, 0.5) is 16.2 Å². The Bertz CT molecular complexity index is 1980. The van der Waals surface area contributed by atoms with Crippen LogP contribution < -0.4 is 26.2 Å². The molecule has 47 heavy (non-hydrogen) atoms. The Kier molecular flexibility index (Phi) is 10.4. The van der Waals surface area contributed by atoms with E-state index >= 15 is 0 Å². The highest BCUT2D eigenvalue weighted by atomic mass is 35.5. The Balaban J connectivity index is 1.21. The molecule has 0 radical (unpaired) electrons. The second kappa shape index (κ2) is 14.8. The molecule has 0 fully saturated rings. The number of aromatic hydroxyl groups is 1. The van der Waals surface area contributed by atoms with Gasteiger partial charge < -0.3 is 35.7 Å². The van der Waals surface area contributed by atoms with Gasteiger partial charge in [-0.1, -0.05) is 60.1 Å². The maximum Gasteiger partial charge on any atom is 0.409 e. The first-order chi connectivity index (χ1) is 22.6. The van der Waals surface area contributed by atoms with E-state index in [0.717, 1.165) is 16.7 Å². The highest BCUT2D eigenvalue weighted by molar-refractivity contribution is 6.33. The predicted octanol–water partition coefficient (Wildman–Crippen LogP) is 6.05. The number of carbonyl (C=O) groups is 2. The number of benzene rings is 4. The number of phenolic OH excluding ortho intramolecular Hbond substituents is 1. The van der Waals surface area contributed by atoms with Crippen molar-refractivity contribution in [2.75, 3.05) is 24.3 Å². The van der Waals surface area contributed by atoms with Crippen LogP contribution in [0.5, 0.6) is 11.5 Å². The van der Waals surface area contributed by atoms with Gasteiger partial charge in [0.05, 0.1) is 35.1 Å². The first-order valence-electron chi connectivity index (χ1n) is 14.7. The van der Waals surface area contributed by atoms with Gasteiger partial charge in [0.1, 0.15) is 11.5 Å². The number of aryl methyl sites for hydroxylation is 1. The van der Waals surface area contributed by atoms with Crippen molar-refractivity contribution in [3.05, 3.63) is 117 Å². The van der Waals surface area contributed by atoms with Crippen molar-refractivity contribution in [1.82, 2.24) is 10.3 Å². The quantitative estimate of drug-likeness (QED) is 0.0850. The summed E-state index contributed by atoms with van der Waals surface area (Å²) >= 11 is 6.53. The lowest BCUT2D eigenvalue weighted by atomic mass is 9.99.